The van der Waals surface area contributed by atoms with Crippen LogP contribution in [0.5, 0.6) is 11.5 Å². The second-order valence-electron chi connectivity index (χ2n) is 11.4. The minimum atomic E-state index is -1.70. The average Bonchev–Trinajstić information content (AvgIpc) is 3.30. The molecule has 5 rings (SSSR count). The molecule has 0 unspecified atom stereocenters. The number of hydrogen-bond acceptors (Lipinski definition) is 11. The van der Waals surface area contributed by atoms with Crippen molar-refractivity contribution in [1.29, 1.82) is 0 Å². The van der Waals surface area contributed by atoms with E-state index in [4.69, 9.17) is 29.2 Å². The topological polar surface area (TPSA) is 198 Å². The molecular formula is C29H34N2O12. The minimum Gasteiger partial charge on any atom is -0.493 e. The predicted molar refractivity (Wildman–Crippen MR) is 144 cm³/mol. The SMILES string of the molecule is COc1ccc2c3c1O[C@H]1C(OC(=O)CCC(=O)O[C@@H](C)C(=O)N[C@H](CC(=O)O)C(=O)O)=CC[C@@]4(O)[C@H](C2)N(C)CC[C@]314. The van der Waals surface area contributed by atoms with Gasteiger partial charge in [-0.3, -0.25) is 19.2 Å². The number of benzene rings is 1. The number of ether oxygens (including phenoxy) is 4. The molecule has 1 amide bonds. The number of rotatable bonds is 11. The second kappa shape index (κ2) is 11.2. The Labute approximate surface area is 246 Å². The summed E-state index contributed by atoms with van der Waals surface area (Å²) in [5.74, 6) is -4.37. The first kappa shape index (κ1) is 30.3. The van der Waals surface area contributed by atoms with Crippen LogP contribution in [-0.2, 0) is 45.3 Å². The molecule has 232 valence electrons. The van der Waals surface area contributed by atoms with Crippen molar-refractivity contribution >= 4 is 29.8 Å². The van der Waals surface area contributed by atoms with Gasteiger partial charge in [0.2, 0.25) is 0 Å². The standard InChI is InChI=1S/C29H34N2O12/c1-14(26(36)30-16(27(37)38)13-20(32)33)41-21(34)6-7-22(35)42-18-8-9-29(39)19-12-15-4-5-17(40-3)24-23(15)28(29,25(18)43-24)10-11-31(19)2/h4-5,8,14,16,19,25,39H,6-7,9-13H2,1-3H3,(H,30,36)(H,32,33)(H,37,38)/t14-,16+,19-,25-,28-,29+/m0/s1. The fourth-order valence-electron chi connectivity index (χ4n) is 6.95. The van der Waals surface area contributed by atoms with Crippen molar-refractivity contribution in [1.82, 2.24) is 10.2 Å². The normalized spacial score (nSPS) is 27.9. The van der Waals surface area contributed by atoms with Gasteiger partial charge in [-0.05, 0) is 51.1 Å². The molecule has 1 spiro atoms. The Morgan fingerprint density at radius 3 is 2.56 bits per heavy atom. The highest BCUT2D eigenvalue weighted by molar-refractivity contribution is 5.90. The van der Waals surface area contributed by atoms with Crippen molar-refractivity contribution in [2.24, 2.45) is 0 Å². The van der Waals surface area contributed by atoms with E-state index < -0.39 is 78.3 Å². The molecule has 2 heterocycles. The van der Waals surface area contributed by atoms with Gasteiger partial charge in [0.15, 0.2) is 23.7 Å². The molecule has 0 saturated carbocycles. The van der Waals surface area contributed by atoms with Crippen LogP contribution in [0.1, 0.15) is 50.2 Å². The number of methoxy groups -OCH3 is 1. The van der Waals surface area contributed by atoms with Gasteiger partial charge in [0.1, 0.15) is 11.8 Å². The van der Waals surface area contributed by atoms with Crippen molar-refractivity contribution < 1.29 is 58.2 Å². The van der Waals surface area contributed by atoms with Crippen molar-refractivity contribution in [2.45, 2.75) is 80.8 Å². The van der Waals surface area contributed by atoms with E-state index in [1.165, 1.54) is 14.0 Å². The fourth-order valence-corrected chi connectivity index (χ4v) is 6.95. The summed E-state index contributed by atoms with van der Waals surface area (Å²) in [5.41, 5.74) is -0.0989. The van der Waals surface area contributed by atoms with E-state index in [1.807, 2.05) is 24.5 Å². The number of esters is 2. The zero-order valence-corrected chi connectivity index (χ0v) is 24.0. The van der Waals surface area contributed by atoms with Crippen molar-refractivity contribution in [3.05, 3.63) is 35.1 Å². The Hall–Kier alpha value is -4.17. The van der Waals surface area contributed by atoms with Gasteiger partial charge in [0.05, 0.1) is 37.4 Å². The van der Waals surface area contributed by atoms with Crippen LogP contribution in [0.4, 0.5) is 0 Å². The Balaban J connectivity index is 1.24. The van der Waals surface area contributed by atoms with Gasteiger partial charge in [-0.1, -0.05) is 6.07 Å². The quantitative estimate of drug-likeness (QED) is 0.252. The Bertz CT molecular complexity index is 1410. The van der Waals surface area contributed by atoms with Crippen LogP contribution in [0.2, 0.25) is 0 Å². The van der Waals surface area contributed by atoms with Crippen LogP contribution >= 0.6 is 0 Å². The predicted octanol–water partition coefficient (Wildman–Crippen LogP) is 0.272. The molecule has 43 heavy (non-hydrogen) atoms. The molecule has 1 saturated heterocycles. The maximum atomic E-state index is 12.9. The number of likely N-dealkylation sites (tertiary alicyclic amines) is 1. The van der Waals surface area contributed by atoms with E-state index in [9.17, 15) is 29.1 Å². The van der Waals surface area contributed by atoms with Gasteiger partial charge in [0, 0.05) is 18.0 Å². The third-order valence-electron chi connectivity index (χ3n) is 8.99. The van der Waals surface area contributed by atoms with E-state index >= 15 is 0 Å². The number of hydrogen-bond donors (Lipinski definition) is 4. The lowest BCUT2D eigenvalue weighted by molar-refractivity contribution is -0.169. The average molecular weight is 603 g/mol. The van der Waals surface area contributed by atoms with E-state index in [-0.39, 0.29) is 18.2 Å². The zero-order chi connectivity index (χ0) is 31.3. The van der Waals surface area contributed by atoms with Crippen molar-refractivity contribution in [3.63, 3.8) is 0 Å². The summed E-state index contributed by atoms with van der Waals surface area (Å²) in [6.45, 7) is 1.89. The van der Waals surface area contributed by atoms with Crippen LogP contribution in [0.3, 0.4) is 0 Å². The number of amides is 1. The molecule has 4 aliphatic rings. The summed E-state index contributed by atoms with van der Waals surface area (Å²) in [5, 5.41) is 32.1. The third kappa shape index (κ3) is 4.97. The van der Waals surface area contributed by atoms with E-state index in [2.05, 4.69) is 4.90 Å². The van der Waals surface area contributed by atoms with Gasteiger partial charge in [-0.15, -0.1) is 0 Å². The van der Waals surface area contributed by atoms with E-state index in [0.29, 0.717) is 30.9 Å². The first-order chi connectivity index (χ1) is 20.3. The number of carbonyl (C=O) groups excluding carboxylic acids is 3. The van der Waals surface area contributed by atoms with E-state index in [0.717, 1.165) is 11.1 Å². The largest absolute Gasteiger partial charge is 0.493 e. The van der Waals surface area contributed by atoms with E-state index in [1.54, 1.807) is 6.08 Å². The maximum Gasteiger partial charge on any atom is 0.326 e. The van der Waals surface area contributed by atoms with Gasteiger partial charge in [-0.2, -0.15) is 0 Å². The molecular weight excluding hydrogens is 568 g/mol. The summed E-state index contributed by atoms with van der Waals surface area (Å²) >= 11 is 0. The third-order valence-corrected chi connectivity index (χ3v) is 8.99. The molecule has 6 atom stereocenters. The lowest BCUT2D eigenvalue weighted by atomic mass is 9.50. The smallest absolute Gasteiger partial charge is 0.326 e. The molecule has 1 aromatic rings. The fraction of sp³-hybridized carbons (Fsp3) is 0.552. The lowest BCUT2D eigenvalue weighted by Crippen LogP contribution is -2.74. The van der Waals surface area contributed by atoms with Crippen LogP contribution in [0.25, 0.3) is 0 Å². The van der Waals surface area contributed by atoms with Gasteiger partial charge in [0.25, 0.3) is 5.91 Å². The monoisotopic (exact) mass is 602 g/mol. The molecule has 2 aliphatic carbocycles. The van der Waals surface area contributed by atoms with Crippen LogP contribution < -0.4 is 14.8 Å². The number of nitrogens with zero attached hydrogens (tertiary/aromatic N) is 1. The second-order valence-corrected chi connectivity index (χ2v) is 11.4. The minimum absolute atomic E-state index is 0.170. The number of carboxylic acids is 2. The van der Waals surface area contributed by atoms with Gasteiger partial charge in [-0.25, -0.2) is 4.79 Å². The molecule has 1 aromatic carbocycles. The Kier molecular flexibility index (Phi) is 7.86. The van der Waals surface area contributed by atoms with Crippen molar-refractivity contribution in [2.75, 3.05) is 20.7 Å². The van der Waals surface area contributed by atoms with Gasteiger partial charge >= 0.3 is 23.9 Å². The first-order valence-electron chi connectivity index (χ1n) is 14.0. The molecule has 4 N–H and O–H groups in total. The first-order valence-corrected chi connectivity index (χ1v) is 14.0. The Morgan fingerprint density at radius 1 is 1.16 bits per heavy atom. The summed E-state index contributed by atoms with van der Waals surface area (Å²) in [7, 11) is 3.52. The maximum absolute atomic E-state index is 12.9. The lowest BCUT2D eigenvalue weighted by Gasteiger charge is -2.61. The number of carboxylic acid groups (broad SMARTS) is 2. The number of nitrogens with one attached hydrogen (secondary N) is 1. The summed E-state index contributed by atoms with van der Waals surface area (Å²) in [6.07, 6.45) is -0.824. The molecule has 14 nitrogen and oxygen atoms in total. The summed E-state index contributed by atoms with van der Waals surface area (Å²) in [6, 6.07) is 1.95. The Morgan fingerprint density at radius 2 is 1.88 bits per heavy atom. The number of carbonyl (C=O) groups is 5. The number of aliphatic hydroxyl groups is 1. The molecule has 14 heteroatoms. The molecule has 1 fully saturated rings. The molecule has 0 radical (unpaired) electrons. The summed E-state index contributed by atoms with van der Waals surface area (Å²) in [4.78, 5) is 61.6. The number of likely N-dealkylation sites (N-methyl/N-ethyl adjacent to an activating group) is 1. The zero-order valence-electron chi connectivity index (χ0n) is 24.0. The molecule has 0 aromatic heterocycles. The van der Waals surface area contributed by atoms with Crippen LogP contribution in [0, 0.1) is 0 Å². The molecule has 2 bridgehead atoms. The van der Waals surface area contributed by atoms with Crippen LogP contribution in [-0.4, -0.2) is 101 Å². The summed E-state index contributed by atoms with van der Waals surface area (Å²) < 4.78 is 22.7. The number of piperidine rings is 1. The highest BCUT2D eigenvalue weighted by Gasteiger charge is 2.72. The molecule has 2 aliphatic heterocycles. The number of aliphatic carboxylic acids is 2. The van der Waals surface area contributed by atoms with Gasteiger partial charge < -0.3 is 44.5 Å². The highest BCUT2D eigenvalue weighted by atomic mass is 16.6. The van der Waals surface area contributed by atoms with Crippen molar-refractivity contribution in [3.8, 4) is 11.5 Å². The highest BCUT2D eigenvalue weighted by Crippen LogP contribution is 2.65. The van der Waals surface area contributed by atoms with Crippen LogP contribution in [0.15, 0.2) is 24.0 Å².